The Labute approximate surface area is 167 Å². The van der Waals surface area contributed by atoms with Gasteiger partial charge in [0, 0.05) is 5.56 Å². The van der Waals surface area contributed by atoms with Crippen molar-refractivity contribution in [1.82, 2.24) is 0 Å². The Kier molecular flexibility index (Phi) is 5.90. The Hall–Kier alpha value is -3.30. The van der Waals surface area contributed by atoms with Crippen molar-refractivity contribution in [3.63, 3.8) is 0 Å². The van der Waals surface area contributed by atoms with Gasteiger partial charge >= 0.3 is 6.18 Å². The zero-order valence-electron chi connectivity index (χ0n) is 15.0. The maximum Gasteiger partial charge on any atom is 0.425 e. The van der Waals surface area contributed by atoms with Gasteiger partial charge < -0.3 is 0 Å². The normalized spacial score (nSPS) is 12.5. The highest BCUT2D eigenvalue weighted by molar-refractivity contribution is 8.00. The van der Waals surface area contributed by atoms with Crippen molar-refractivity contribution in [2.24, 2.45) is 0 Å². The Morgan fingerprint density at radius 2 is 1.21 bits per heavy atom. The third kappa shape index (κ3) is 4.76. The molecule has 0 radical (unpaired) electrons. The predicted octanol–water partition coefficient (Wildman–Crippen LogP) is 5.49. The Bertz CT molecular complexity index is 1170. The second kappa shape index (κ2) is 8.38. The second-order valence-electron chi connectivity index (χ2n) is 6.00. The first kappa shape index (κ1) is 20.4. The fourth-order valence-electron chi connectivity index (χ4n) is 2.65. The molecule has 0 bridgehead atoms. The van der Waals surface area contributed by atoms with Gasteiger partial charge in [-0.3, -0.25) is 0 Å². The standard InChI is InChI=1S/C23H15F3O2S/c24-23(25,26)21(17-16-18-10-4-1-5-11-18)22(19-12-6-2-7-13-19)29(27,28)20-14-8-3-9-15-20/h1-15H/b22-21+. The highest BCUT2D eigenvalue weighted by Gasteiger charge is 2.40. The van der Waals surface area contributed by atoms with Crippen molar-refractivity contribution in [3.8, 4) is 11.8 Å². The molecule has 3 rings (SSSR count). The van der Waals surface area contributed by atoms with Crippen LogP contribution in [0.4, 0.5) is 13.2 Å². The van der Waals surface area contributed by atoms with Crippen LogP contribution in [-0.4, -0.2) is 14.6 Å². The molecule has 0 atom stereocenters. The van der Waals surface area contributed by atoms with Crippen molar-refractivity contribution in [1.29, 1.82) is 0 Å². The molecule has 3 aromatic carbocycles. The smallest absolute Gasteiger partial charge is 0.218 e. The molecule has 6 heteroatoms. The van der Waals surface area contributed by atoms with Crippen LogP contribution in [0.5, 0.6) is 0 Å². The summed E-state index contributed by atoms with van der Waals surface area (Å²) in [5.74, 6) is 4.51. The van der Waals surface area contributed by atoms with Gasteiger partial charge in [0.1, 0.15) is 5.57 Å². The Morgan fingerprint density at radius 3 is 1.72 bits per heavy atom. The van der Waals surface area contributed by atoms with E-state index < -0.39 is 26.5 Å². The zero-order chi connectivity index (χ0) is 20.9. The topological polar surface area (TPSA) is 34.1 Å². The summed E-state index contributed by atoms with van der Waals surface area (Å²) in [5.41, 5.74) is -1.14. The van der Waals surface area contributed by atoms with Crippen LogP contribution in [0.1, 0.15) is 11.1 Å². The van der Waals surface area contributed by atoms with Crippen molar-refractivity contribution >= 4 is 14.7 Å². The van der Waals surface area contributed by atoms with Gasteiger partial charge in [-0.25, -0.2) is 8.42 Å². The molecule has 0 spiro atoms. The van der Waals surface area contributed by atoms with E-state index in [1.54, 1.807) is 42.5 Å². The molecule has 2 nitrogen and oxygen atoms in total. The van der Waals surface area contributed by atoms with Crippen LogP contribution in [0.3, 0.4) is 0 Å². The Balaban J connectivity index is 2.35. The lowest BCUT2D eigenvalue weighted by Gasteiger charge is -2.15. The fraction of sp³-hybridized carbons (Fsp3) is 0.0435. The zero-order valence-corrected chi connectivity index (χ0v) is 15.8. The number of rotatable bonds is 3. The lowest BCUT2D eigenvalue weighted by molar-refractivity contribution is -0.0864. The summed E-state index contributed by atoms with van der Waals surface area (Å²) in [4.78, 5) is -1.10. The number of allylic oxidation sites excluding steroid dienone is 1. The van der Waals surface area contributed by atoms with Crippen LogP contribution in [-0.2, 0) is 9.84 Å². The van der Waals surface area contributed by atoms with Gasteiger partial charge in [0.05, 0.1) is 9.80 Å². The van der Waals surface area contributed by atoms with E-state index in [2.05, 4.69) is 11.8 Å². The van der Waals surface area contributed by atoms with Gasteiger partial charge in [0.25, 0.3) is 0 Å². The summed E-state index contributed by atoms with van der Waals surface area (Å²) in [6, 6.07) is 22.3. The van der Waals surface area contributed by atoms with E-state index in [-0.39, 0.29) is 10.5 Å². The lowest BCUT2D eigenvalue weighted by atomic mass is 10.1. The minimum atomic E-state index is -4.96. The number of alkyl halides is 3. The first-order chi connectivity index (χ1) is 13.8. The largest absolute Gasteiger partial charge is 0.425 e. The van der Waals surface area contributed by atoms with Crippen molar-refractivity contribution in [2.45, 2.75) is 11.1 Å². The molecule has 0 N–H and O–H groups in total. The van der Waals surface area contributed by atoms with Crippen LogP contribution in [0, 0.1) is 11.8 Å². The predicted molar refractivity (Wildman–Crippen MR) is 106 cm³/mol. The van der Waals surface area contributed by atoms with E-state index >= 15 is 0 Å². The lowest BCUT2D eigenvalue weighted by Crippen LogP contribution is -2.17. The quantitative estimate of drug-likeness (QED) is 0.534. The number of benzene rings is 3. The first-order valence-electron chi connectivity index (χ1n) is 8.54. The average Bonchev–Trinajstić information content (AvgIpc) is 2.72. The summed E-state index contributed by atoms with van der Waals surface area (Å²) in [6.45, 7) is 0. The fourth-order valence-corrected chi connectivity index (χ4v) is 4.29. The summed E-state index contributed by atoms with van der Waals surface area (Å²) in [5, 5.41) is 0. The van der Waals surface area contributed by atoms with Gasteiger partial charge in [0.15, 0.2) is 0 Å². The minimum absolute atomic E-state index is 0.0777. The van der Waals surface area contributed by atoms with Crippen LogP contribution in [0.2, 0.25) is 0 Å². The van der Waals surface area contributed by atoms with Crippen molar-refractivity contribution in [2.75, 3.05) is 0 Å². The molecule has 0 heterocycles. The highest BCUT2D eigenvalue weighted by atomic mass is 32.2. The summed E-state index contributed by atoms with van der Waals surface area (Å²) >= 11 is 0. The molecular formula is C23H15F3O2S. The third-order valence-electron chi connectivity index (χ3n) is 3.97. The second-order valence-corrected chi connectivity index (χ2v) is 7.89. The van der Waals surface area contributed by atoms with E-state index in [0.717, 1.165) is 0 Å². The van der Waals surface area contributed by atoms with E-state index in [4.69, 9.17) is 0 Å². The Morgan fingerprint density at radius 1 is 0.724 bits per heavy atom. The molecule has 0 amide bonds. The molecule has 0 saturated heterocycles. The maximum absolute atomic E-state index is 14.0. The van der Waals surface area contributed by atoms with Gasteiger partial charge in [-0.05, 0) is 29.8 Å². The third-order valence-corrected chi connectivity index (χ3v) is 5.84. The monoisotopic (exact) mass is 412 g/mol. The number of halogens is 3. The van der Waals surface area contributed by atoms with E-state index in [9.17, 15) is 21.6 Å². The molecule has 0 unspecified atom stereocenters. The van der Waals surface area contributed by atoms with Gasteiger partial charge in [0.2, 0.25) is 9.84 Å². The summed E-state index contributed by atoms with van der Waals surface area (Å²) in [7, 11) is -4.48. The highest BCUT2D eigenvalue weighted by Crippen LogP contribution is 2.38. The first-order valence-corrected chi connectivity index (χ1v) is 10.0. The number of sulfone groups is 1. The molecule has 0 aliphatic heterocycles. The van der Waals surface area contributed by atoms with E-state index in [1.165, 1.54) is 48.5 Å². The van der Waals surface area contributed by atoms with Gasteiger partial charge in [-0.15, -0.1) is 0 Å². The van der Waals surface area contributed by atoms with Crippen molar-refractivity contribution in [3.05, 3.63) is 108 Å². The van der Waals surface area contributed by atoms with Crippen LogP contribution >= 0.6 is 0 Å². The van der Waals surface area contributed by atoms with E-state index in [0.29, 0.717) is 5.56 Å². The van der Waals surface area contributed by atoms with Crippen LogP contribution in [0.25, 0.3) is 4.91 Å². The van der Waals surface area contributed by atoms with Crippen LogP contribution < -0.4 is 0 Å². The number of hydrogen-bond acceptors (Lipinski definition) is 2. The van der Waals surface area contributed by atoms with Gasteiger partial charge in [-0.1, -0.05) is 78.6 Å². The summed E-state index contributed by atoms with van der Waals surface area (Å²) in [6.07, 6.45) is -4.96. The minimum Gasteiger partial charge on any atom is -0.218 e. The SMILES string of the molecule is O=S(=O)(/C(=C(\C#Cc1ccccc1)C(F)(F)F)c1ccccc1)c1ccccc1. The van der Waals surface area contributed by atoms with E-state index in [1.807, 2.05) is 0 Å². The molecular weight excluding hydrogens is 397 g/mol. The number of hydrogen-bond donors (Lipinski definition) is 0. The van der Waals surface area contributed by atoms with Crippen LogP contribution in [0.15, 0.2) is 101 Å². The summed E-state index contributed by atoms with van der Waals surface area (Å²) < 4.78 is 68.4. The molecule has 0 aromatic heterocycles. The molecule has 0 aliphatic rings. The molecule has 0 fully saturated rings. The maximum atomic E-state index is 14.0. The average molecular weight is 412 g/mol. The molecule has 0 aliphatic carbocycles. The van der Waals surface area contributed by atoms with Gasteiger partial charge in [-0.2, -0.15) is 13.2 Å². The van der Waals surface area contributed by atoms with Crippen molar-refractivity contribution < 1.29 is 21.6 Å². The molecule has 146 valence electrons. The molecule has 0 saturated carbocycles. The molecule has 29 heavy (non-hydrogen) atoms. The molecule has 3 aromatic rings.